The largest absolute Gasteiger partial charge is 0.467 e. The number of esters is 2. The number of hydrogen-bond acceptors (Lipinski definition) is 8. The van der Waals surface area contributed by atoms with Gasteiger partial charge in [0.05, 0.1) is 32.8 Å². The molecule has 0 aliphatic carbocycles. The number of aliphatic hydroxyl groups is 1. The average Bonchev–Trinajstić information content (AvgIpc) is 2.86. The molecule has 0 saturated carbocycles. The van der Waals surface area contributed by atoms with Gasteiger partial charge in [0.2, 0.25) is 5.91 Å². The molecule has 0 heterocycles. The second-order valence-corrected chi connectivity index (χ2v) is 10.2. The zero-order chi connectivity index (χ0) is 26.2. The van der Waals surface area contributed by atoms with Gasteiger partial charge in [-0.15, -0.1) is 0 Å². The third-order valence-corrected chi connectivity index (χ3v) is 6.92. The van der Waals surface area contributed by atoms with Crippen molar-refractivity contribution in [1.82, 2.24) is 5.32 Å². The van der Waals surface area contributed by atoms with Crippen LogP contribution in [0.3, 0.4) is 0 Å². The minimum Gasteiger partial charge on any atom is -0.467 e. The Labute approximate surface area is 216 Å². The molecular formula is C26H50N2O6S. The summed E-state index contributed by atoms with van der Waals surface area (Å²) in [6.07, 6.45) is 18.3. The van der Waals surface area contributed by atoms with Crippen molar-refractivity contribution < 1.29 is 29.0 Å². The Bertz CT molecular complexity index is 550. The van der Waals surface area contributed by atoms with E-state index < -0.39 is 30.6 Å². The Hall–Kier alpha value is -1.32. The smallest absolute Gasteiger partial charge is 0.330 e. The van der Waals surface area contributed by atoms with Gasteiger partial charge in [0, 0.05) is 11.5 Å². The van der Waals surface area contributed by atoms with Crippen molar-refractivity contribution in [3.8, 4) is 0 Å². The predicted octanol–water partition coefficient (Wildman–Crippen LogP) is 4.11. The van der Waals surface area contributed by atoms with E-state index >= 15 is 0 Å². The molecular weight excluding hydrogens is 468 g/mol. The second kappa shape index (κ2) is 24.4. The van der Waals surface area contributed by atoms with Gasteiger partial charge in [-0.1, -0.05) is 90.4 Å². The molecule has 0 spiro atoms. The topological polar surface area (TPSA) is 128 Å². The summed E-state index contributed by atoms with van der Waals surface area (Å²) in [5.74, 6) is -0.739. The summed E-state index contributed by atoms with van der Waals surface area (Å²) in [4.78, 5) is 35.2. The zero-order valence-corrected chi connectivity index (χ0v) is 22.9. The average molecular weight is 519 g/mol. The lowest BCUT2D eigenvalue weighted by molar-refractivity contribution is -0.146. The highest BCUT2D eigenvalue weighted by Gasteiger charge is 2.23. The number of carbonyl (C=O) groups is 3. The Morgan fingerprint density at radius 2 is 1.40 bits per heavy atom. The summed E-state index contributed by atoms with van der Waals surface area (Å²) < 4.78 is 9.76. The van der Waals surface area contributed by atoms with Crippen LogP contribution in [0.25, 0.3) is 0 Å². The number of thioether (sulfide) groups is 1. The molecule has 35 heavy (non-hydrogen) atoms. The number of nitrogens with one attached hydrogen (secondary N) is 1. The van der Waals surface area contributed by atoms with Gasteiger partial charge in [0.15, 0.2) is 6.04 Å². The molecule has 0 aromatic rings. The van der Waals surface area contributed by atoms with Crippen LogP contribution in [-0.2, 0) is 23.9 Å². The van der Waals surface area contributed by atoms with Crippen LogP contribution in [0.2, 0.25) is 0 Å². The highest BCUT2D eigenvalue weighted by atomic mass is 32.2. The molecule has 0 saturated heterocycles. The van der Waals surface area contributed by atoms with E-state index in [9.17, 15) is 14.4 Å². The maximum atomic E-state index is 12.0. The number of unbranched alkanes of at least 4 members (excludes halogenated alkanes) is 13. The quantitative estimate of drug-likeness (QED) is 0.129. The molecule has 8 nitrogen and oxygen atoms in total. The van der Waals surface area contributed by atoms with Gasteiger partial charge in [0.25, 0.3) is 0 Å². The Balaban J connectivity index is 3.52. The van der Waals surface area contributed by atoms with Crippen LogP contribution < -0.4 is 11.1 Å². The van der Waals surface area contributed by atoms with E-state index in [-0.39, 0.29) is 18.1 Å². The lowest BCUT2D eigenvalue weighted by atomic mass is 10.0. The second-order valence-electron chi connectivity index (χ2n) is 9.01. The SMILES string of the molecule is CCCCCCCCCCCCCCCCOC(=O)CCSC[C@H](N)C(=O)N[C@@H](CO)C(=O)OC. The summed E-state index contributed by atoms with van der Waals surface area (Å²) in [5, 5.41) is 11.5. The molecule has 2 atom stereocenters. The first-order chi connectivity index (χ1) is 17.0. The van der Waals surface area contributed by atoms with Crippen LogP contribution in [0.4, 0.5) is 0 Å². The summed E-state index contributed by atoms with van der Waals surface area (Å²) in [6, 6.07) is -1.99. The van der Waals surface area contributed by atoms with Crippen molar-refractivity contribution in [1.29, 1.82) is 0 Å². The predicted molar refractivity (Wildman–Crippen MR) is 142 cm³/mol. The van der Waals surface area contributed by atoms with Gasteiger partial charge < -0.3 is 25.6 Å². The Kier molecular flexibility index (Phi) is 23.5. The van der Waals surface area contributed by atoms with Gasteiger partial charge in [-0.2, -0.15) is 11.8 Å². The van der Waals surface area contributed by atoms with Crippen LogP contribution >= 0.6 is 11.8 Å². The van der Waals surface area contributed by atoms with Crippen molar-refractivity contribution in [2.24, 2.45) is 5.73 Å². The molecule has 0 aromatic heterocycles. The van der Waals surface area contributed by atoms with E-state index in [0.717, 1.165) is 12.8 Å². The first kappa shape index (κ1) is 33.7. The van der Waals surface area contributed by atoms with E-state index in [0.29, 0.717) is 12.4 Å². The molecule has 206 valence electrons. The molecule has 4 N–H and O–H groups in total. The fourth-order valence-corrected chi connectivity index (χ4v) is 4.48. The summed E-state index contributed by atoms with van der Waals surface area (Å²) in [5.41, 5.74) is 5.79. The third kappa shape index (κ3) is 20.6. The van der Waals surface area contributed by atoms with E-state index in [4.69, 9.17) is 15.6 Å². The first-order valence-electron chi connectivity index (χ1n) is 13.4. The Morgan fingerprint density at radius 1 is 0.886 bits per heavy atom. The van der Waals surface area contributed by atoms with Gasteiger partial charge >= 0.3 is 11.9 Å². The molecule has 0 aliphatic rings. The van der Waals surface area contributed by atoms with Crippen molar-refractivity contribution in [2.45, 2.75) is 115 Å². The standard InChI is InChI=1S/C26H50N2O6S/c1-3-4-5-6-7-8-9-10-11-12-13-14-15-16-18-34-24(30)17-19-35-21-22(27)25(31)28-23(20-29)26(32)33-2/h22-23,29H,3-21,27H2,1-2H3,(H,28,31)/t22-,23-/m0/s1. The van der Waals surface area contributed by atoms with E-state index in [2.05, 4.69) is 17.0 Å². The summed E-state index contributed by atoms with van der Waals surface area (Å²) >= 11 is 1.37. The number of hydrogen-bond donors (Lipinski definition) is 3. The fraction of sp³-hybridized carbons (Fsp3) is 0.885. The van der Waals surface area contributed by atoms with Gasteiger partial charge in [-0.25, -0.2) is 4.79 Å². The van der Waals surface area contributed by atoms with Crippen molar-refractivity contribution in [3.05, 3.63) is 0 Å². The lowest BCUT2D eigenvalue weighted by Gasteiger charge is -2.17. The maximum absolute atomic E-state index is 12.0. The van der Waals surface area contributed by atoms with Crippen molar-refractivity contribution >= 4 is 29.6 Å². The molecule has 1 amide bonds. The van der Waals surface area contributed by atoms with Crippen molar-refractivity contribution in [2.75, 3.05) is 31.8 Å². The number of aliphatic hydroxyl groups excluding tert-OH is 1. The van der Waals surface area contributed by atoms with E-state index in [1.807, 2.05) is 0 Å². The number of ether oxygens (including phenoxy) is 2. The van der Waals surface area contributed by atoms with Gasteiger partial charge in [0.1, 0.15) is 0 Å². The molecule has 0 bridgehead atoms. The minimum atomic E-state index is -1.13. The summed E-state index contributed by atoms with van der Waals surface area (Å²) in [7, 11) is 1.17. The number of carbonyl (C=O) groups excluding carboxylic acids is 3. The van der Waals surface area contributed by atoms with Crippen LogP contribution in [-0.4, -0.2) is 66.9 Å². The molecule has 0 rings (SSSR count). The van der Waals surface area contributed by atoms with Crippen LogP contribution in [0, 0.1) is 0 Å². The van der Waals surface area contributed by atoms with Gasteiger partial charge in [-0.05, 0) is 6.42 Å². The normalized spacial score (nSPS) is 12.7. The van der Waals surface area contributed by atoms with Gasteiger partial charge in [-0.3, -0.25) is 9.59 Å². The molecule has 0 aliphatic heterocycles. The van der Waals surface area contributed by atoms with Crippen molar-refractivity contribution in [3.63, 3.8) is 0 Å². The number of methoxy groups -OCH3 is 1. The molecule has 0 fully saturated rings. The Morgan fingerprint density at radius 3 is 1.89 bits per heavy atom. The fourth-order valence-electron chi connectivity index (χ4n) is 3.60. The first-order valence-corrected chi connectivity index (χ1v) is 14.6. The summed E-state index contributed by atoms with van der Waals surface area (Å²) in [6.45, 7) is 2.15. The maximum Gasteiger partial charge on any atom is 0.330 e. The highest BCUT2D eigenvalue weighted by molar-refractivity contribution is 7.99. The van der Waals surface area contributed by atoms with E-state index in [1.54, 1.807) is 0 Å². The van der Waals surface area contributed by atoms with Crippen LogP contribution in [0.5, 0.6) is 0 Å². The van der Waals surface area contributed by atoms with E-state index in [1.165, 1.54) is 95.9 Å². The molecule has 9 heteroatoms. The lowest BCUT2D eigenvalue weighted by Crippen LogP contribution is -2.51. The highest BCUT2D eigenvalue weighted by Crippen LogP contribution is 2.13. The number of nitrogens with two attached hydrogens (primary N) is 1. The van der Waals surface area contributed by atoms with Crippen LogP contribution in [0.1, 0.15) is 103 Å². The third-order valence-electron chi connectivity index (χ3n) is 5.83. The number of rotatable bonds is 24. The molecule has 0 radical (unpaired) electrons. The molecule has 0 aromatic carbocycles. The molecule has 0 unspecified atom stereocenters. The zero-order valence-electron chi connectivity index (χ0n) is 22.1. The minimum absolute atomic E-state index is 0.240. The van der Waals surface area contributed by atoms with Crippen LogP contribution in [0.15, 0.2) is 0 Å². The number of amides is 1. The monoisotopic (exact) mass is 518 g/mol.